The van der Waals surface area contributed by atoms with Gasteiger partial charge in [-0.2, -0.15) is 0 Å². The third kappa shape index (κ3) is 6.50. The van der Waals surface area contributed by atoms with Gasteiger partial charge in [0.1, 0.15) is 0 Å². The van der Waals surface area contributed by atoms with E-state index in [9.17, 15) is 9.59 Å². The van der Waals surface area contributed by atoms with E-state index in [1.807, 2.05) is 17.0 Å². The van der Waals surface area contributed by atoms with Gasteiger partial charge in [-0.25, -0.2) is 4.79 Å². The molecule has 0 aliphatic carbocycles. The fraction of sp³-hybridized carbons (Fsp3) is 0.579. The molecule has 1 saturated heterocycles. The van der Waals surface area contributed by atoms with Gasteiger partial charge in [-0.3, -0.25) is 4.79 Å². The molecule has 0 saturated carbocycles. The molecule has 0 unspecified atom stereocenters. The van der Waals surface area contributed by atoms with Gasteiger partial charge in [0.15, 0.2) is 0 Å². The van der Waals surface area contributed by atoms with Crippen molar-refractivity contribution >= 4 is 23.5 Å². The highest BCUT2D eigenvalue weighted by Gasteiger charge is 2.23. The first-order valence-corrected chi connectivity index (χ1v) is 9.51. The van der Waals surface area contributed by atoms with Crippen LogP contribution in [0.5, 0.6) is 0 Å². The summed E-state index contributed by atoms with van der Waals surface area (Å²) in [7, 11) is 0. The maximum Gasteiger partial charge on any atom is 0.317 e. The van der Waals surface area contributed by atoms with Crippen LogP contribution in [0.1, 0.15) is 31.7 Å². The highest BCUT2D eigenvalue weighted by molar-refractivity contribution is 6.30. The smallest absolute Gasteiger partial charge is 0.317 e. The number of likely N-dealkylation sites (tertiary alicyclic amines) is 1. The zero-order valence-corrected chi connectivity index (χ0v) is 16.0. The van der Waals surface area contributed by atoms with E-state index < -0.39 is 0 Å². The second kappa shape index (κ2) is 10.4. The summed E-state index contributed by atoms with van der Waals surface area (Å²) in [6.07, 6.45) is 2.51. The lowest BCUT2D eigenvalue weighted by Crippen LogP contribution is -2.46. The molecule has 1 aliphatic rings. The van der Waals surface area contributed by atoms with Crippen molar-refractivity contribution in [2.24, 2.45) is 5.92 Å². The molecular weight excluding hydrogens is 354 g/mol. The maximum atomic E-state index is 12.6. The second-order valence-corrected chi connectivity index (χ2v) is 7.22. The number of carbonyl (C=O) groups excluding carboxylic acids is 2. The molecular formula is C19H28ClN3O3. The van der Waals surface area contributed by atoms with Crippen LogP contribution in [-0.4, -0.2) is 59.6 Å². The highest BCUT2D eigenvalue weighted by Crippen LogP contribution is 2.16. The highest BCUT2D eigenvalue weighted by atomic mass is 35.5. The summed E-state index contributed by atoms with van der Waals surface area (Å²) >= 11 is 5.91. The summed E-state index contributed by atoms with van der Waals surface area (Å²) in [6.45, 7) is 4.63. The minimum atomic E-state index is -0.145. The Labute approximate surface area is 160 Å². The number of nitrogens with zero attached hydrogens (tertiary/aromatic N) is 2. The average molecular weight is 382 g/mol. The van der Waals surface area contributed by atoms with Gasteiger partial charge in [-0.15, -0.1) is 0 Å². The van der Waals surface area contributed by atoms with E-state index in [2.05, 4.69) is 5.32 Å². The number of halogens is 1. The number of hydrogen-bond acceptors (Lipinski definition) is 3. The Hall–Kier alpha value is -1.79. The Balaban J connectivity index is 1.89. The minimum Gasteiger partial charge on any atom is -0.396 e. The molecule has 1 atom stereocenters. The Morgan fingerprint density at radius 2 is 2.08 bits per heavy atom. The standard InChI is InChI=1S/C19H28ClN3O3/c1-15(25)22-9-2-4-17(14-22)12-21-19(26)23(10-3-11-24)13-16-5-7-18(20)8-6-16/h5-8,17,24H,2-4,9-14H2,1H3,(H,21,26)/t17-/m1/s1. The molecule has 1 heterocycles. The van der Waals surface area contributed by atoms with Gasteiger partial charge >= 0.3 is 6.03 Å². The lowest BCUT2D eigenvalue weighted by molar-refractivity contribution is -0.130. The van der Waals surface area contributed by atoms with E-state index in [0.29, 0.717) is 37.6 Å². The SMILES string of the molecule is CC(=O)N1CCC[C@H](CNC(=O)N(CCCO)Cc2ccc(Cl)cc2)C1. The van der Waals surface area contributed by atoms with Crippen LogP contribution < -0.4 is 5.32 Å². The molecule has 2 rings (SSSR count). The molecule has 2 N–H and O–H groups in total. The van der Waals surface area contributed by atoms with E-state index in [1.54, 1.807) is 24.0 Å². The van der Waals surface area contributed by atoms with Crippen molar-refractivity contribution in [3.8, 4) is 0 Å². The van der Waals surface area contributed by atoms with Crippen LogP contribution in [-0.2, 0) is 11.3 Å². The third-order valence-corrected chi connectivity index (χ3v) is 4.92. The summed E-state index contributed by atoms with van der Waals surface area (Å²) in [5.41, 5.74) is 0.989. The van der Waals surface area contributed by atoms with Crippen LogP contribution in [0.2, 0.25) is 5.02 Å². The summed E-state index contributed by atoms with van der Waals surface area (Å²) in [4.78, 5) is 27.7. The Morgan fingerprint density at radius 1 is 1.35 bits per heavy atom. The number of hydrogen-bond donors (Lipinski definition) is 2. The fourth-order valence-electron chi connectivity index (χ4n) is 3.19. The first kappa shape index (κ1) is 20.5. The summed E-state index contributed by atoms with van der Waals surface area (Å²) in [6, 6.07) is 7.25. The topological polar surface area (TPSA) is 72.9 Å². The molecule has 1 aliphatic heterocycles. The average Bonchev–Trinajstić information content (AvgIpc) is 2.65. The molecule has 0 spiro atoms. The van der Waals surface area contributed by atoms with Crippen LogP contribution >= 0.6 is 11.6 Å². The quantitative estimate of drug-likeness (QED) is 0.762. The second-order valence-electron chi connectivity index (χ2n) is 6.78. The van der Waals surface area contributed by atoms with Crippen molar-refractivity contribution in [2.75, 3.05) is 32.8 Å². The Kier molecular flexibility index (Phi) is 8.19. The zero-order valence-electron chi connectivity index (χ0n) is 15.3. The van der Waals surface area contributed by atoms with Crippen LogP contribution in [0.4, 0.5) is 4.79 Å². The number of aliphatic hydroxyl groups excluding tert-OH is 1. The molecule has 0 bridgehead atoms. The molecule has 0 radical (unpaired) electrons. The molecule has 3 amide bonds. The maximum absolute atomic E-state index is 12.6. The number of piperidine rings is 1. The van der Waals surface area contributed by atoms with Crippen LogP contribution in [0, 0.1) is 5.92 Å². The van der Waals surface area contributed by atoms with E-state index in [4.69, 9.17) is 16.7 Å². The number of aliphatic hydroxyl groups is 1. The summed E-state index contributed by atoms with van der Waals surface area (Å²) < 4.78 is 0. The van der Waals surface area contributed by atoms with Crippen LogP contribution in [0.15, 0.2) is 24.3 Å². The van der Waals surface area contributed by atoms with Crippen LogP contribution in [0.3, 0.4) is 0 Å². The third-order valence-electron chi connectivity index (χ3n) is 4.67. The van der Waals surface area contributed by atoms with E-state index in [-0.39, 0.29) is 24.5 Å². The molecule has 1 aromatic rings. The number of benzene rings is 1. The molecule has 26 heavy (non-hydrogen) atoms. The summed E-state index contributed by atoms with van der Waals surface area (Å²) in [5, 5.41) is 12.8. The van der Waals surface area contributed by atoms with Gasteiger partial charge in [0.25, 0.3) is 0 Å². The minimum absolute atomic E-state index is 0.0423. The first-order valence-electron chi connectivity index (χ1n) is 9.13. The number of amides is 3. The molecule has 0 aromatic heterocycles. The summed E-state index contributed by atoms with van der Waals surface area (Å²) in [5.74, 6) is 0.375. The number of carbonyl (C=O) groups is 2. The van der Waals surface area contributed by atoms with Crippen LogP contribution in [0.25, 0.3) is 0 Å². The van der Waals surface area contributed by atoms with Crippen molar-refractivity contribution < 1.29 is 14.7 Å². The lowest BCUT2D eigenvalue weighted by atomic mass is 9.98. The predicted octanol–water partition coefficient (Wildman–Crippen LogP) is 2.49. The molecule has 144 valence electrons. The Morgan fingerprint density at radius 3 is 2.73 bits per heavy atom. The predicted molar refractivity (Wildman–Crippen MR) is 102 cm³/mol. The fourth-order valence-corrected chi connectivity index (χ4v) is 3.31. The van der Waals surface area contributed by atoms with Gasteiger partial charge < -0.3 is 20.2 Å². The van der Waals surface area contributed by atoms with Crippen molar-refractivity contribution in [1.29, 1.82) is 0 Å². The molecule has 1 aromatic carbocycles. The molecule has 6 nitrogen and oxygen atoms in total. The normalized spacial score (nSPS) is 17.0. The number of nitrogens with one attached hydrogen (secondary N) is 1. The Bertz CT molecular complexity index is 594. The number of rotatable bonds is 7. The van der Waals surface area contributed by atoms with Crippen molar-refractivity contribution in [3.63, 3.8) is 0 Å². The molecule has 7 heteroatoms. The van der Waals surface area contributed by atoms with Gasteiger partial charge in [0.2, 0.25) is 5.91 Å². The zero-order chi connectivity index (χ0) is 18.9. The van der Waals surface area contributed by atoms with Gasteiger partial charge in [-0.1, -0.05) is 23.7 Å². The van der Waals surface area contributed by atoms with Gasteiger partial charge in [-0.05, 0) is 42.9 Å². The van der Waals surface area contributed by atoms with Crippen molar-refractivity contribution in [3.05, 3.63) is 34.9 Å². The van der Waals surface area contributed by atoms with Crippen molar-refractivity contribution in [1.82, 2.24) is 15.1 Å². The largest absolute Gasteiger partial charge is 0.396 e. The van der Waals surface area contributed by atoms with E-state index in [1.165, 1.54) is 0 Å². The number of urea groups is 1. The lowest BCUT2D eigenvalue weighted by Gasteiger charge is -2.32. The van der Waals surface area contributed by atoms with E-state index >= 15 is 0 Å². The van der Waals surface area contributed by atoms with Crippen molar-refractivity contribution in [2.45, 2.75) is 32.7 Å². The van der Waals surface area contributed by atoms with Gasteiger partial charge in [0.05, 0.1) is 0 Å². The van der Waals surface area contributed by atoms with Gasteiger partial charge in [0, 0.05) is 51.3 Å². The first-order chi connectivity index (χ1) is 12.5. The monoisotopic (exact) mass is 381 g/mol. The van der Waals surface area contributed by atoms with E-state index in [0.717, 1.165) is 24.9 Å². The molecule has 1 fully saturated rings.